The van der Waals surface area contributed by atoms with Crippen molar-refractivity contribution in [2.45, 2.75) is 45.3 Å². The van der Waals surface area contributed by atoms with E-state index in [1.807, 2.05) is 24.3 Å². The van der Waals surface area contributed by atoms with Crippen molar-refractivity contribution in [3.63, 3.8) is 0 Å². The van der Waals surface area contributed by atoms with E-state index >= 15 is 0 Å². The van der Waals surface area contributed by atoms with E-state index in [0.717, 1.165) is 43.1 Å². The summed E-state index contributed by atoms with van der Waals surface area (Å²) in [4.78, 5) is 48.3. The van der Waals surface area contributed by atoms with Gasteiger partial charge in [-0.2, -0.15) is 0 Å². The van der Waals surface area contributed by atoms with E-state index in [9.17, 15) is 28.9 Å². The molecule has 15 heteroatoms. The molecule has 43 heavy (non-hydrogen) atoms. The molecule has 0 bridgehead atoms. The van der Waals surface area contributed by atoms with Crippen LogP contribution < -0.4 is 4.74 Å². The highest BCUT2D eigenvalue weighted by atomic mass is 19.1. The molecule has 0 aliphatic rings. The van der Waals surface area contributed by atoms with Gasteiger partial charge in [0.05, 0.1) is 28.8 Å². The highest BCUT2D eigenvalue weighted by Gasteiger charge is 2.40. The Hall–Kier alpha value is -4.63. The minimum absolute atomic E-state index is 0.0387. The van der Waals surface area contributed by atoms with Crippen molar-refractivity contribution in [3.05, 3.63) is 64.0 Å². The van der Waals surface area contributed by atoms with E-state index in [0.29, 0.717) is 17.7 Å². The number of non-ortho nitro benzene ring substituents is 1. The SMILES string of the molecule is CCN(CC)CCn1c(Cc2ccc(OCCF)cc2)nc2cc([N+](=O)[O-])ccc21.O=C(O)CC(O)(CC(=O)O)C(=O)O. The minimum Gasteiger partial charge on any atom is -0.491 e. The minimum atomic E-state index is -2.74. The monoisotopic (exact) mass is 606 g/mol. The number of hydrogen-bond acceptors (Lipinski definition) is 9. The van der Waals surface area contributed by atoms with Gasteiger partial charge in [-0.3, -0.25) is 19.7 Å². The summed E-state index contributed by atoms with van der Waals surface area (Å²) in [6.07, 6.45) is -1.70. The number of fused-ring (bicyclic) bond motifs is 1. The topological polar surface area (TPSA) is 206 Å². The van der Waals surface area contributed by atoms with Gasteiger partial charge in [0, 0.05) is 31.6 Å². The lowest BCUT2D eigenvalue weighted by Gasteiger charge is -2.19. The number of imidazole rings is 1. The number of carboxylic acids is 3. The molecule has 4 N–H and O–H groups in total. The second kappa shape index (κ2) is 16.1. The number of rotatable bonds is 16. The molecule has 1 heterocycles. The molecular formula is C28H35FN4O10. The Balaban J connectivity index is 0.000000420. The van der Waals surface area contributed by atoms with E-state index < -0.39 is 47.9 Å². The summed E-state index contributed by atoms with van der Waals surface area (Å²) in [5.74, 6) is -3.54. The molecule has 0 saturated heterocycles. The van der Waals surface area contributed by atoms with E-state index in [1.165, 1.54) is 12.1 Å². The van der Waals surface area contributed by atoms with Gasteiger partial charge in [-0.1, -0.05) is 26.0 Å². The Labute approximate surface area is 246 Å². The fraction of sp³-hybridized carbons (Fsp3) is 0.429. The van der Waals surface area contributed by atoms with Crippen molar-refractivity contribution >= 4 is 34.6 Å². The largest absolute Gasteiger partial charge is 0.491 e. The summed E-state index contributed by atoms with van der Waals surface area (Å²) in [5, 5.41) is 45.0. The van der Waals surface area contributed by atoms with Gasteiger partial charge in [0.15, 0.2) is 5.60 Å². The van der Waals surface area contributed by atoms with Gasteiger partial charge in [-0.15, -0.1) is 0 Å². The number of halogens is 1. The van der Waals surface area contributed by atoms with Crippen LogP contribution in [0, 0.1) is 10.1 Å². The fourth-order valence-corrected chi connectivity index (χ4v) is 4.20. The van der Waals surface area contributed by atoms with E-state index in [-0.39, 0.29) is 12.3 Å². The van der Waals surface area contributed by atoms with Crippen molar-refractivity contribution in [1.29, 1.82) is 0 Å². The molecule has 2 aromatic carbocycles. The molecule has 0 saturated carbocycles. The number of benzene rings is 2. The van der Waals surface area contributed by atoms with Crippen LogP contribution in [-0.2, 0) is 27.3 Å². The Bertz CT molecular complexity index is 1390. The fourth-order valence-electron chi connectivity index (χ4n) is 4.20. The standard InChI is InChI=1S/C22H27FN4O3.C6H8O7/c1-3-25(4-2)12-13-26-21-10-7-18(27(28)29)16-20(21)24-22(26)15-17-5-8-19(9-6-17)30-14-11-23;7-3(8)1-6(13,5(11)12)2-4(9)10/h5-10,16H,3-4,11-15H2,1-2H3;13H,1-2H2,(H,7,8)(H,9,10)(H,11,12). The quantitative estimate of drug-likeness (QED) is 0.137. The first-order valence-electron chi connectivity index (χ1n) is 13.4. The van der Waals surface area contributed by atoms with Crippen molar-refractivity contribution in [2.75, 3.05) is 32.9 Å². The lowest BCUT2D eigenvalue weighted by atomic mass is 9.96. The number of hydrogen-bond donors (Lipinski definition) is 4. The molecule has 0 aliphatic heterocycles. The number of alkyl halides is 1. The van der Waals surface area contributed by atoms with Crippen LogP contribution in [-0.4, -0.2) is 96.2 Å². The maximum absolute atomic E-state index is 12.3. The molecule has 234 valence electrons. The van der Waals surface area contributed by atoms with E-state index in [1.54, 1.807) is 6.07 Å². The number of carbonyl (C=O) groups is 3. The second-order valence-electron chi connectivity index (χ2n) is 9.47. The molecule has 0 aliphatic carbocycles. The van der Waals surface area contributed by atoms with Gasteiger partial charge in [0.25, 0.3) is 5.69 Å². The zero-order valence-electron chi connectivity index (χ0n) is 23.8. The smallest absolute Gasteiger partial charge is 0.336 e. The number of aliphatic carboxylic acids is 3. The van der Waals surface area contributed by atoms with Gasteiger partial charge < -0.3 is 34.6 Å². The number of carboxylic acid groups (broad SMARTS) is 3. The van der Waals surface area contributed by atoms with E-state index in [4.69, 9.17) is 30.1 Å². The van der Waals surface area contributed by atoms with Crippen LogP contribution in [0.4, 0.5) is 10.1 Å². The second-order valence-corrected chi connectivity index (χ2v) is 9.47. The predicted octanol–water partition coefficient (Wildman–Crippen LogP) is 2.98. The molecular weight excluding hydrogens is 571 g/mol. The molecule has 0 unspecified atom stereocenters. The van der Waals surface area contributed by atoms with Crippen LogP contribution in [0.2, 0.25) is 0 Å². The van der Waals surface area contributed by atoms with Gasteiger partial charge in [0.1, 0.15) is 24.9 Å². The first-order valence-corrected chi connectivity index (χ1v) is 13.4. The third kappa shape index (κ3) is 10.3. The summed E-state index contributed by atoms with van der Waals surface area (Å²) >= 11 is 0. The van der Waals surface area contributed by atoms with Crippen LogP contribution in [0.15, 0.2) is 42.5 Å². The summed E-state index contributed by atoms with van der Waals surface area (Å²) in [5.41, 5.74) is -0.141. The Kier molecular flexibility index (Phi) is 13.0. The molecule has 0 spiro atoms. The highest BCUT2D eigenvalue weighted by molar-refractivity contribution is 5.88. The molecule has 0 atom stereocenters. The van der Waals surface area contributed by atoms with Crippen LogP contribution in [0.5, 0.6) is 5.75 Å². The zero-order chi connectivity index (χ0) is 32.2. The van der Waals surface area contributed by atoms with Gasteiger partial charge >= 0.3 is 17.9 Å². The Morgan fingerprint density at radius 2 is 1.65 bits per heavy atom. The van der Waals surface area contributed by atoms with Crippen LogP contribution in [0.25, 0.3) is 11.0 Å². The summed E-state index contributed by atoms with van der Waals surface area (Å²) < 4.78 is 19.7. The molecule has 1 aromatic heterocycles. The van der Waals surface area contributed by atoms with Gasteiger partial charge in [-0.25, -0.2) is 14.2 Å². The normalized spacial score (nSPS) is 11.2. The Morgan fingerprint density at radius 3 is 2.14 bits per heavy atom. The number of ether oxygens (including phenoxy) is 1. The summed E-state index contributed by atoms with van der Waals surface area (Å²) in [6, 6.07) is 12.3. The van der Waals surface area contributed by atoms with Gasteiger partial charge in [-0.05, 0) is 36.9 Å². The van der Waals surface area contributed by atoms with Crippen LogP contribution >= 0.6 is 0 Å². The van der Waals surface area contributed by atoms with Crippen LogP contribution in [0.3, 0.4) is 0 Å². The maximum atomic E-state index is 12.3. The number of nitro groups is 1. The summed E-state index contributed by atoms with van der Waals surface area (Å²) in [7, 11) is 0. The number of aromatic nitrogens is 2. The number of nitrogens with zero attached hydrogens (tertiary/aromatic N) is 4. The van der Waals surface area contributed by atoms with Crippen LogP contribution in [0.1, 0.15) is 38.1 Å². The third-order valence-corrected chi connectivity index (χ3v) is 6.47. The van der Waals surface area contributed by atoms with Gasteiger partial charge in [0.2, 0.25) is 0 Å². The lowest BCUT2D eigenvalue weighted by molar-refractivity contribution is -0.384. The average Bonchev–Trinajstić information content (AvgIpc) is 3.28. The third-order valence-electron chi connectivity index (χ3n) is 6.47. The first kappa shape index (κ1) is 34.6. The van der Waals surface area contributed by atoms with Crippen molar-refractivity contribution in [1.82, 2.24) is 14.5 Å². The molecule has 14 nitrogen and oxygen atoms in total. The maximum Gasteiger partial charge on any atom is 0.336 e. The van der Waals surface area contributed by atoms with Crippen molar-refractivity contribution in [2.24, 2.45) is 0 Å². The average molecular weight is 607 g/mol. The molecule has 3 rings (SSSR count). The first-order chi connectivity index (χ1) is 20.3. The van der Waals surface area contributed by atoms with Crippen molar-refractivity contribution in [3.8, 4) is 5.75 Å². The highest BCUT2D eigenvalue weighted by Crippen LogP contribution is 2.24. The lowest BCUT2D eigenvalue weighted by Crippen LogP contribution is -2.42. The molecule has 0 fully saturated rings. The predicted molar refractivity (Wildman–Crippen MR) is 152 cm³/mol. The Morgan fingerprint density at radius 1 is 1.05 bits per heavy atom. The number of nitro benzene ring substituents is 1. The van der Waals surface area contributed by atoms with E-state index in [2.05, 4.69) is 23.3 Å². The molecule has 0 radical (unpaired) electrons. The zero-order valence-corrected chi connectivity index (χ0v) is 23.8. The number of aliphatic hydroxyl groups is 1. The summed E-state index contributed by atoms with van der Waals surface area (Å²) in [6.45, 7) is 7.33. The number of likely N-dealkylation sites (N-methyl/N-ethyl adjacent to an activating group) is 1. The molecule has 3 aromatic rings. The van der Waals surface area contributed by atoms with Crippen molar-refractivity contribution < 1.29 is 48.9 Å². The molecule has 0 amide bonds.